The van der Waals surface area contributed by atoms with Gasteiger partial charge in [0.05, 0.1) is 23.6 Å². The highest BCUT2D eigenvalue weighted by atomic mass is 35.5. The molecule has 7 heteroatoms. The fourth-order valence-electron chi connectivity index (χ4n) is 1.25. The highest BCUT2D eigenvalue weighted by molar-refractivity contribution is 7.99. The van der Waals surface area contributed by atoms with Crippen molar-refractivity contribution in [3.63, 3.8) is 0 Å². The number of aromatic nitrogens is 1. The van der Waals surface area contributed by atoms with E-state index in [0.717, 1.165) is 13.0 Å². The number of carbonyl (C=O) groups is 1. The molecule has 106 valence electrons. The van der Waals surface area contributed by atoms with Crippen LogP contribution >= 0.6 is 35.0 Å². The van der Waals surface area contributed by atoms with Crippen LogP contribution in [0.5, 0.6) is 0 Å². The third-order valence-electron chi connectivity index (χ3n) is 2.21. The highest BCUT2D eigenvalue weighted by Crippen LogP contribution is 2.32. The summed E-state index contributed by atoms with van der Waals surface area (Å²) in [6.07, 6.45) is 1.30. The van der Waals surface area contributed by atoms with Gasteiger partial charge in [-0.25, -0.2) is 4.98 Å². The molecule has 19 heavy (non-hydrogen) atoms. The van der Waals surface area contributed by atoms with E-state index in [1.54, 1.807) is 6.07 Å². The molecule has 4 nitrogen and oxygen atoms in total. The van der Waals surface area contributed by atoms with E-state index in [1.807, 2.05) is 0 Å². The minimum Gasteiger partial charge on any atom is -0.469 e. The van der Waals surface area contributed by atoms with E-state index in [2.05, 4.69) is 22.0 Å². The maximum absolute atomic E-state index is 11.0. The van der Waals surface area contributed by atoms with E-state index in [1.165, 1.54) is 18.9 Å². The Morgan fingerprint density at radius 3 is 2.84 bits per heavy atom. The molecule has 0 amide bonds. The second kappa shape index (κ2) is 8.51. The number of nitrogens with zero attached hydrogens (tertiary/aromatic N) is 1. The molecule has 0 aromatic carbocycles. The van der Waals surface area contributed by atoms with Gasteiger partial charge in [0.15, 0.2) is 0 Å². The molecule has 0 spiro atoms. The number of hydrogen-bond donors (Lipinski definition) is 1. The first kappa shape index (κ1) is 16.4. The molecule has 0 bridgehead atoms. The minimum absolute atomic E-state index is 0.248. The first-order valence-electron chi connectivity index (χ1n) is 5.88. The summed E-state index contributed by atoms with van der Waals surface area (Å²) in [7, 11) is 1.37. The Morgan fingerprint density at radius 2 is 2.21 bits per heavy atom. The van der Waals surface area contributed by atoms with Crippen LogP contribution in [0, 0.1) is 0 Å². The van der Waals surface area contributed by atoms with Crippen molar-refractivity contribution in [3.05, 3.63) is 16.1 Å². The Hall–Kier alpha value is -0.650. The zero-order chi connectivity index (χ0) is 14.3. The molecular weight excluding hydrogens is 307 g/mol. The summed E-state index contributed by atoms with van der Waals surface area (Å²) in [4.78, 5) is 15.4. The van der Waals surface area contributed by atoms with Gasteiger partial charge in [0.2, 0.25) is 0 Å². The fraction of sp³-hybridized carbons (Fsp3) is 0.500. The maximum Gasteiger partial charge on any atom is 0.306 e. The predicted octanol–water partition coefficient (Wildman–Crippen LogP) is 3.87. The van der Waals surface area contributed by atoms with Crippen LogP contribution in [0.2, 0.25) is 10.0 Å². The number of halogens is 2. The number of nitrogens with one attached hydrogen (secondary N) is 1. The molecule has 0 fully saturated rings. The molecule has 0 atom stereocenters. The average Bonchev–Trinajstić information content (AvgIpc) is 2.39. The second-order valence-corrected chi connectivity index (χ2v) is 5.61. The number of anilines is 1. The second-order valence-electron chi connectivity index (χ2n) is 3.71. The number of thioether (sulfide) groups is 1. The third-order valence-corrected chi connectivity index (χ3v) is 3.89. The van der Waals surface area contributed by atoms with Gasteiger partial charge in [0.1, 0.15) is 10.8 Å². The summed E-state index contributed by atoms with van der Waals surface area (Å²) in [5.41, 5.74) is 0. The monoisotopic (exact) mass is 322 g/mol. The van der Waals surface area contributed by atoms with E-state index in [9.17, 15) is 4.79 Å². The number of ether oxygens (including phenoxy) is 1. The Balaban J connectivity index is 2.68. The SMILES string of the molecule is CCCNc1nc(SCCC(=O)OC)c(Cl)cc1Cl. The Morgan fingerprint density at radius 1 is 1.47 bits per heavy atom. The Bertz CT molecular complexity index is 444. The molecule has 0 aliphatic rings. The molecule has 0 unspecified atom stereocenters. The smallest absolute Gasteiger partial charge is 0.306 e. The standard InChI is InChI=1S/C12H16Cl2N2O2S/c1-3-5-15-11-8(13)7-9(14)12(16-11)19-6-4-10(17)18-2/h7H,3-6H2,1-2H3,(H,15,16). The normalized spacial score (nSPS) is 10.3. The lowest BCUT2D eigenvalue weighted by Gasteiger charge is -2.10. The highest BCUT2D eigenvalue weighted by Gasteiger charge is 2.10. The van der Waals surface area contributed by atoms with Crippen molar-refractivity contribution in [2.24, 2.45) is 0 Å². The summed E-state index contributed by atoms with van der Waals surface area (Å²) >= 11 is 13.5. The molecule has 0 radical (unpaired) electrons. The van der Waals surface area contributed by atoms with Gasteiger partial charge >= 0.3 is 5.97 Å². The van der Waals surface area contributed by atoms with Gasteiger partial charge in [-0.05, 0) is 12.5 Å². The van der Waals surface area contributed by atoms with E-state index in [-0.39, 0.29) is 5.97 Å². The molecule has 0 saturated carbocycles. The van der Waals surface area contributed by atoms with E-state index < -0.39 is 0 Å². The van der Waals surface area contributed by atoms with E-state index in [0.29, 0.717) is 33.1 Å². The molecule has 1 N–H and O–H groups in total. The Labute approximate surface area is 127 Å². The molecular formula is C12H16Cl2N2O2S. The first-order chi connectivity index (χ1) is 9.08. The van der Waals surface area contributed by atoms with Crippen LogP contribution in [0.4, 0.5) is 5.82 Å². The number of esters is 1. The summed E-state index contributed by atoms with van der Waals surface area (Å²) in [6, 6.07) is 1.66. The first-order valence-corrected chi connectivity index (χ1v) is 7.62. The van der Waals surface area contributed by atoms with Crippen molar-refractivity contribution in [2.45, 2.75) is 24.8 Å². The Kier molecular flexibility index (Phi) is 7.34. The molecule has 1 rings (SSSR count). The van der Waals surface area contributed by atoms with Crippen LogP contribution in [0.3, 0.4) is 0 Å². The van der Waals surface area contributed by atoms with Gasteiger partial charge in [0.25, 0.3) is 0 Å². The van der Waals surface area contributed by atoms with Gasteiger partial charge in [-0.2, -0.15) is 0 Å². The van der Waals surface area contributed by atoms with Crippen molar-refractivity contribution < 1.29 is 9.53 Å². The minimum atomic E-state index is -0.248. The zero-order valence-corrected chi connectivity index (χ0v) is 13.2. The summed E-state index contributed by atoms with van der Waals surface area (Å²) in [6.45, 7) is 2.85. The van der Waals surface area contributed by atoms with Crippen LogP contribution in [-0.2, 0) is 9.53 Å². The average molecular weight is 323 g/mol. The lowest BCUT2D eigenvalue weighted by atomic mass is 10.4. The fourth-order valence-corrected chi connectivity index (χ4v) is 2.66. The van der Waals surface area contributed by atoms with Gasteiger partial charge in [0, 0.05) is 12.3 Å². The van der Waals surface area contributed by atoms with Crippen LogP contribution in [0.15, 0.2) is 11.1 Å². The molecule has 0 aliphatic heterocycles. The van der Waals surface area contributed by atoms with Gasteiger partial charge in [-0.3, -0.25) is 4.79 Å². The van der Waals surface area contributed by atoms with Crippen LogP contribution in [0.25, 0.3) is 0 Å². The summed E-state index contributed by atoms with van der Waals surface area (Å²) in [5.74, 6) is 0.934. The van der Waals surface area contributed by atoms with Gasteiger partial charge in [-0.1, -0.05) is 30.1 Å². The van der Waals surface area contributed by atoms with E-state index in [4.69, 9.17) is 23.2 Å². The number of rotatable bonds is 7. The van der Waals surface area contributed by atoms with Crippen molar-refractivity contribution in [1.82, 2.24) is 4.98 Å². The number of carbonyl (C=O) groups excluding carboxylic acids is 1. The molecule has 0 aliphatic carbocycles. The van der Waals surface area contributed by atoms with Crippen LogP contribution in [-0.4, -0.2) is 30.4 Å². The van der Waals surface area contributed by atoms with Crippen LogP contribution in [0.1, 0.15) is 19.8 Å². The topological polar surface area (TPSA) is 51.2 Å². The molecule has 1 heterocycles. The molecule has 1 aromatic rings. The predicted molar refractivity (Wildman–Crippen MR) is 80.4 cm³/mol. The van der Waals surface area contributed by atoms with Crippen molar-refractivity contribution in [1.29, 1.82) is 0 Å². The summed E-state index contributed by atoms with van der Waals surface area (Å²) in [5, 5.41) is 4.78. The quantitative estimate of drug-likeness (QED) is 0.610. The largest absolute Gasteiger partial charge is 0.469 e. The van der Waals surface area contributed by atoms with Crippen molar-refractivity contribution in [3.8, 4) is 0 Å². The molecule has 0 saturated heterocycles. The zero-order valence-electron chi connectivity index (χ0n) is 10.8. The number of pyridine rings is 1. The lowest BCUT2D eigenvalue weighted by molar-refractivity contribution is -0.140. The van der Waals surface area contributed by atoms with Crippen molar-refractivity contribution in [2.75, 3.05) is 24.7 Å². The van der Waals surface area contributed by atoms with Crippen LogP contribution < -0.4 is 5.32 Å². The molecule has 1 aromatic heterocycles. The number of methoxy groups -OCH3 is 1. The number of hydrogen-bond acceptors (Lipinski definition) is 5. The van der Waals surface area contributed by atoms with Gasteiger partial charge < -0.3 is 10.1 Å². The maximum atomic E-state index is 11.0. The summed E-state index contributed by atoms with van der Waals surface area (Å²) < 4.78 is 4.58. The van der Waals surface area contributed by atoms with Crippen molar-refractivity contribution >= 4 is 46.8 Å². The third kappa shape index (κ3) is 5.47. The lowest BCUT2D eigenvalue weighted by Crippen LogP contribution is -2.04. The van der Waals surface area contributed by atoms with Gasteiger partial charge in [-0.15, -0.1) is 11.8 Å². The van der Waals surface area contributed by atoms with E-state index >= 15 is 0 Å².